The zero-order valence-electron chi connectivity index (χ0n) is 75.3. The molecule has 131 heavy (non-hydrogen) atoms. The Balaban J connectivity index is -0.000000785. The highest BCUT2D eigenvalue weighted by Gasteiger charge is 2.40. The Kier molecular flexibility index (Phi) is 60.1. The molecule has 2 aromatic heterocycles. The van der Waals surface area contributed by atoms with E-state index in [2.05, 4.69) is 171 Å². The van der Waals surface area contributed by atoms with Gasteiger partial charge in [-0.05, 0) is 257 Å². The maximum Gasteiger partial charge on any atom is 0.334 e. The van der Waals surface area contributed by atoms with Gasteiger partial charge in [-0.25, -0.2) is 35.0 Å². The lowest BCUT2D eigenvalue weighted by molar-refractivity contribution is -0.223. The molecule has 4 aliphatic carbocycles. The van der Waals surface area contributed by atoms with E-state index in [4.69, 9.17) is 90.4 Å². The van der Waals surface area contributed by atoms with Gasteiger partial charge in [0.05, 0.1) is 57.8 Å². The van der Waals surface area contributed by atoms with Crippen molar-refractivity contribution in [3.05, 3.63) is 229 Å². The summed E-state index contributed by atoms with van der Waals surface area (Å²) in [5, 5.41) is 48.3. The third kappa shape index (κ3) is 33.7. The number of hydrogen-bond acceptors (Lipinski definition) is 21. The molecule has 0 fully saturated rings. The summed E-state index contributed by atoms with van der Waals surface area (Å²) in [5.41, 5.74) is 22.1. The van der Waals surface area contributed by atoms with Crippen molar-refractivity contribution in [3.63, 3.8) is 0 Å². The fourth-order valence-corrected chi connectivity index (χ4v) is 15.6. The van der Waals surface area contributed by atoms with Gasteiger partial charge in [0, 0.05) is 70.6 Å². The molecule has 0 saturated heterocycles. The summed E-state index contributed by atoms with van der Waals surface area (Å²) in [4.78, 5) is 46.8. The van der Waals surface area contributed by atoms with Gasteiger partial charge in [-0.2, -0.15) is 64.0 Å². The molecule has 0 unspecified atom stereocenters. The van der Waals surface area contributed by atoms with Crippen LogP contribution >= 0.6 is 78.8 Å². The molecule has 4 atom stereocenters. The van der Waals surface area contributed by atoms with Crippen molar-refractivity contribution in [1.82, 2.24) is 40.3 Å². The van der Waals surface area contributed by atoms with E-state index in [-0.39, 0.29) is 172 Å². The van der Waals surface area contributed by atoms with Gasteiger partial charge >= 0.3 is 5.97 Å². The minimum Gasteiger partial charge on any atom is -0.502 e. The second-order valence-corrected chi connectivity index (χ2v) is 36.8. The van der Waals surface area contributed by atoms with Gasteiger partial charge in [0.2, 0.25) is 37.0 Å². The molecule has 7 aromatic carbocycles. The van der Waals surface area contributed by atoms with Crippen LogP contribution in [0.5, 0.6) is 17.2 Å². The number of oxime groups is 1. The Bertz CT molecular complexity index is 5160. The molecule has 724 valence electrons. The SMILES string of the molecule is C.C.C.C.CCCN(C)[C@H]1CCc2c(C(N)=NO)cccc21.Cl.Cl.F.NO.S.S.S.S.[C-]#[N+]c1cc(-c2nc(-c3cccc4c3CC[C@@H]4N(C)CCOO[Si](C)(C)C(C)(C)C)no2)ccc1OC(C)C.[C-]#[N+]c1cc(-c2nc(-c3cccc4c3CC[C@@H]4NCCO)no2)ccc1OC(C)C.[C-]#[N+]c1cc(C(=O)O)ccc1OC(C)C.[C-]#[N+]c1cccc2c1CC[C@@H]2N(C)CCC. The first kappa shape index (κ1) is 128. The molecule has 27 nitrogen and oxygen atoms in total. The second-order valence-electron chi connectivity index (χ2n) is 32.1. The number of fused-ring (bicyclic) bond motifs is 4. The molecule has 0 bridgehead atoms. The van der Waals surface area contributed by atoms with Crippen molar-refractivity contribution >= 4 is 122 Å². The molecule has 0 spiro atoms. The second kappa shape index (κ2) is 61.5. The Labute approximate surface area is 818 Å². The molecule has 0 amide bonds. The molecule has 0 radical (unpaired) electrons. The lowest BCUT2D eigenvalue weighted by atomic mass is 10.0. The summed E-state index contributed by atoms with van der Waals surface area (Å²) in [6.07, 6.45) is 10.5. The normalized spacial score (nSPS) is 14.2. The van der Waals surface area contributed by atoms with Crippen LogP contribution in [0, 0.1) is 26.3 Å². The topological polar surface area (TPSA) is 326 Å². The van der Waals surface area contributed by atoms with Crippen LogP contribution in [0.3, 0.4) is 0 Å². The number of carboxylic acid groups (broad SMARTS) is 1. The summed E-state index contributed by atoms with van der Waals surface area (Å²) in [6.45, 7) is 60.1. The zero-order valence-corrected chi connectivity index (χ0v) is 81.9. The summed E-state index contributed by atoms with van der Waals surface area (Å²) >= 11 is 0. The number of aromatic carboxylic acids is 1. The van der Waals surface area contributed by atoms with E-state index < -0.39 is 14.3 Å². The summed E-state index contributed by atoms with van der Waals surface area (Å²) in [7, 11) is 4.56. The van der Waals surface area contributed by atoms with Crippen LogP contribution in [0.4, 0.5) is 27.5 Å². The number of likely N-dealkylation sites (N-methyl/N-ethyl adjacent to an activating group) is 1. The van der Waals surface area contributed by atoms with Crippen LogP contribution in [-0.4, -0.2) is 155 Å². The number of aromatic nitrogens is 4. The molecular formula is C96H144Cl2FN15O12S4Si. The zero-order chi connectivity index (χ0) is 87.5. The molecule has 2 heterocycles. The number of aliphatic hydroxyl groups excluding tert-OH is 1. The van der Waals surface area contributed by atoms with E-state index in [1.807, 2.05) is 90.1 Å². The van der Waals surface area contributed by atoms with E-state index in [9.17, 15) is 4.79 Å². The van der Waals surface area contributed by atoms with E-state index in [0.29, 0.717) is 88.4 Å². The maximum absolute atomic E-state index is 10.7. The third-order valence-electron chi connectivity index (χ3n) is 21.7. The van der Waals surface area contributed by atoms with E-state index in [0.717, 1.165) is 93.4 Å². The first-order valence-corrected chi connectivity index (χ1v) is 43.7. The van der Waals surface area contributed by atoms with Gasteiger partial charge in [0.25, 0.3) is 11.8 Å². The van der Waals surface area contributed by atoms with Crippen LogP contribution in [0.2, 0.25) is 18.1 Å². The first-order chi connectivity index (χ1) is 57.5. The van der Waals surface area contributed by atoms with E-state index in [1.165, 1.54) is 75.5 Å². The van der Waals surface area contributed by atoms with Crippen molar-refractivity contribution in [2.24, 2.45) is 16.8 Å². The van der Waals surface area contributed by atoms with Gasteiger partial charge in [-0.3, -0.25) is 24.0 Å². The van der Waals surface area contributed by atoms with E-state index >= 15 is 0 Å². The number of carboxylic acids is 1. The lowest BCUT2D eigenvalue weighted by Gasteiger charge is -2.34. The molecular weight excluding hydrogens is 1800 g/mol. The number of nitrogens with zero attached hydrogens (tertiary/aromatic N) is 12. The Morgan fingerprint density at radius 2 is 0.947 bits per heavy atom. The number of rotatable bonds is 27. The van der Waals surface area contributed by atoms with E-state index in [1.54, 1.807) is 24.3 Å². The molecule has 35 heteroatoms. The largest absolute Gasteiger partial charge is 0.502 e. The smallest absolute Gasteiger partial charge is 0.334 e. The standard InChI is InChI=1S/C30H40N4O4Si.C23H24N4O3.C14H21N3O.C14H18N2.C11H11NO3.4CH4.2ClH.FH.H3NO.4H2S/c1-20(2)36-27-16-13-21(19-25(27)31-6)29-32-28(33-37-29)24-12-10-11-23-22(24)14-15-26(23)34(7)17-18-35-38-39(8,9)30(3,4)5;1-14(2)29-21-10-7-15(13-20(21)24-3)23-26-22(27-30-23)18-6-4-5-17-16(18)8-9-19(17)25-11-12-28;1-3-9-17(2)13-8-7-10-11(13)5-4-6-12(10)14(15)16-18;1-4-10-16(3)14-9-8-11-12(14)6-5-7-13(11)15-2;1-7(2)15-10-5-4-8(11(13)14)6-9(10)12-3;;;;;;;;1-2;;;;/h10-13,16,19-20,26H,14-15,17-18H2,1-5,7-9H3;4-7,10,13-14,19,25,28H,8-9,11-12H2,1-2H3;4-6,13,18H,3,7-9H2,1-2H3,(H2,15,16);5-7,14H,4,8-10H2,1,3H3;4-7H,1-2H3,(H,13,14);4*1H4;3*1H;2H,1H2;4*1H2/t26-;19-;13-;14-;;;;;;;;;;;;;/m0000............./s1. The number of benzene rings is 7. The van der Waals surface area contributed by atoms with Crippen LogP contribution in [0.25, 0.3) is 65.1 Å². The van der Waals surface area contributed by atoms with Crippen molar-refractivity contribution in [3.8, 4) is 62.9 Å². The molecule has 4 aliphatic rings. The highest BCUT2D eigenvalue weighted by atomic mass is 35.5. The van der Waals surface area contributed by atoms with Crippen molar-refractivity contribution in [2.45, 2.75) is 231 Å². The minimum atomic E-state index is -1.93. The fraction of sp³-hybridized carbons (Fsp3) is 0.458. The summed E-state index contributed by atoms with van der Waals surface area (Å²) < 4.78 is 33.8. The van der Waals surface area contributed by atoms with Gasteiger partial charge in [0.15, 0.2) is 11.5 Å². The van der Waals surface area contributed by atoms with Crippen molar-refractivity contribution in [2.75, 3.05) is 60.5 Å². The average Bonchev–Trinajstić information content (AvgIpc) is 2.38. The molecule has 0 saturated carbocycles. The quantitative estimate of drug-likeness (QED) is 0.00367. The number of carbonyl (C=O) groups is 1. The lowest BCUT2D eigenvalue weighted by Crippen LogP contribution is -2.41. The highest BCUT2D eigenvalue weighted by molar-refractivity contribution is 7.59. The van der Waals surface area contributed by atoms with Crippen LogP contribution in [0.1, 0.15) is 229 Å². The monoisotopic (exact) mass is 1940 g/mol. The number of aliphatic hydroxyl groups is 1. The fourth-order valence-electron chi connectivity index (χ4n) is 15.0. The van der Waals surface area contributed by atoms with Gasteiger partial charge < -0.3 is 54.9 Å². The molecule has 9 N–H and O–H groups in total. The maximum atomic E-state index is 10.7. The number of hydrogen-bond donors (Lipinski definition) is 7. The van der Waals surface area contributed by atoms with Crippen LogP contribution < -0.4 is 31.2 Å². The minimum absolute atomic E-state index is 0. The predicted octanol–water partition coefficient (Wildman–Crippen LogP) is 23.7. The van der Waals surface area contributed by atoms with Gasteiger partial charge in [-0.1, -0.05) is 153 Å². The summed E-state index contributed by atoms with van der Waals surface area (Å²) in [5.74, 6) is 6.04. The summed E-state index contributed by atoms with van der Waals surface area (Å²) in [6, 6.07) is 41.1. The van der Waals surface area contributed by atoms with Crippen LogP contribution in [-0.2, 0) is 35.1 Å². The number of nitrogens with two attached hydrogens (primary N) is 2. The Morgan fingerprint density at radius 1 is 0.565 bits per heavy atom. The molecule has 0 aliphatic heterocycles. The number of nitrogens with one attached hydrogen (secondary N) is 1. The highest BCUT2D eigenvalue weighted by Crippen LogP contribution is 2.45. The molecule has 9 aromatic rings. The van der Waals surface area contributed by atoms with Gasteiger partial charge in [-0.15, -0.1) is 24.8 Å². The third-order valence-corrected chi connectivity index (χ3v) is 25.9. The Morgan fingerprint density at radius 3 is 1.37 bits per heavy atom. The number of halogens is 3. The first-order valence-electron chi connectivity index (χ1n) is 40.8. The predicted molar refractivity (Wildman–Crippen MR) is 555 cm³/mol. The van der Waals surface area contributed by atoms with Crippen molar-refractivity contribution in [1.29, 1.82) is 0 Å². The van der Waals surface area contributed by atoms with Crippen molar-refractivity contribution < 1.29 is 62.8 Å². The average molecular weight is 1950 g/mol. The molecule has 13 rings (SSSR count). The Hall–Kier alpha value is -9.31. The van der Waals surface area contributed by atoms with Gasteiger partial charge in [0.1, 0.15) is 17.2 Å². The number of amidine groups is 1. The number of ether oxygens (including phenoxy) is 3. The van der Waals surface area contributed by atoms with Crippen LogP contribution in [0.15, 0.2) is 142 Å².